The zero-order valence-corrected chi connectivity index (χ0v) is 14.2. The minimum atomic E-state index is -0.543. The lowest BCUT2D eigenvalue weighted by Crippen LogP contribution is -2.43. The highest BCUT2D eigenvalue weighted by Crippen LogP contribution is 2.13. The van der Waals surface area contributed by atoms with Crippen LogP contribution >= 0.6 is 0 Å². The van der Waals surface area contributed by atoms with Crippen molar-refractivity contribution in [3.05, 3.63) is 53.0 Å². The molecule has 2 N–H and O–H groups in total. The lowest BCUT2D eigenvalue weighted by Gasteiger charge is -2.05. The SMILES string of the molecule is COc1ccc(/C=N\OCC(=O)NNC(=O)c2cc(C)oc2C)cc1. The van der Waals surface area contributed by atoms with E-state index in [1.165, 1.54) is 6.21 Å². The molecule has 0 atom stereocenters. The zero-order chi connectivity index (χ0) is 18.2. The number of methoxy groups -OCH3 is 1. The second kappa shape index (κ2) is 8.53. The first kappa shape index (κ1) is 18.1. The average Bonchev–Trinajstić information content (AvgIpc) is 2.95. The molecule has 0 aliphatic rings. The maximum atomic E-state index is 11.9. The van der Waals surface area contributed by atoms with Crippen LogP contribution in [0.1, 0.15) is 27.4 Å². The molecule has 0 spiro atoms. The molecule has 1 heterocycles. The van der Waals surface area contributed by atoms with E-state index in [1.54, 1.807) is 51.3 Å². The number of rotatable bonds is 6. The van der Waals surface area contributed by atoms with Crippen LogP contribution in [0.25, 0.3) is 0 Å². The summed E-state index contributed by atoms with van der Waals surface area (Å²) in [7, 11) is 1.58. The van der Waals surface area contributed by atoms with Crippen LogP contribution < -0.4 is 15.6 Å². The summed E-state index contributed by atoms with van der Waals surface area (Å²) in [5.41, 5.74) is 5.67. The monoisotopic (exact) mass is 345 g/mol. The molecule has 0 aliphatic carbocycles. The van der Waals surface area contributed by atoms with E-state index in [0.717, 1.165) is 11.3 Å². The van der Waals surface area contributed by atoms with E-state index in [4.69, 9.17) is 14.0 Å². The van der Waals surface area contributed by atoms with Crippen LogP contribution in [0.5, 0.6) is 5.75 Å². The first-order chi connectivity index (χ1) is 12.0. The van der Waals surface area contributed by atoms with Gasteiger partial charge in [0.2, 0.25) is 0 Å². The summed E-state index contributed by atoms with van der Waals surface area (Å²) in [5, 5.41) is 3.69. The minimum Gasteiger partial charge on any atom is -0.497 e. The molecule has 0 unspecified atom stereocenters. The van der Waals surface area contributed by atoms with Gasteiger partial charge in [0.1, 0.15) is 17.3 Å². The molecular formula is C17H19N3O5. The molecule has 1 aromatic carbocycles. The maximum absolute atomic E-state index is 11.9. The Morgan fingerprint density at radius 1 is 1.20 bits per heavy atom. The van der Waals surface area contributed by atoms with Crippen molar-refractivity contribution in [2.45, 2.75) is 13.8 Å². The van der Waals surface area contributed by atoms with Gasteiger partial charge < -0.3 is 14.0 Å². The molecule has 2 amide bonds. The number of furan rings is 1. The lowest BCUT2D eigenvalue weighted by atomic mass is 10.2. The van der Waals surface area contributed by atoms with E-state index >= 15 is 0 Å². The number of hydrazine groups is 1. The van der Waals surface area contributed by atoms with Crippen molar-refractivity contribution in [3.63, 3.8) is 0 Å². The van der Waals surface area contributed by atoms with Crippen LogP contribution in [-0.2, 0) is 9.63 Å². The summed E-state index contributed by atoms with van der Waals surface area (Å²) in [6, 6.07) is 8.74. The summed E-state index contributed by atoms with van der Waals surface area (Å²) in [5.74, 6) is 0.813. The van der Waals surface area contributed by atoms with Crippen molar-refractivity contribution < 1.29 is 23.6 Å². The molecule has 0 saturated heterocycles. The third-order valence-corrected chi connectivity index (χ3v) is 3.19. The number of ether oxygens (including phenoxy) is 1. The zero-order valence-electron chi connectivity index (χ0n) is 14.2. The average molecular weight is 345 g/mol. The standard InChI is InChI=1S/C17H19N3O5/c1-11-8-15(12(2)25-11)17(22)20-19-16(21)10-24-18-9-13-4-6-14(23-3)7-5-13/h4-9H,10H2,1-3H3,(H,19,21)(H,20,22)/b18-9-. The Morgan fingerprint density at radius 3 is 2.52 bits per heavy atom. The van der Waals surface area contributed by atoms with Gasteiger partial charge in [-0.2, -0.15) is 0 Å². The van der Waals surface area contributed by atoms with E-state index in [2.05, 4.69) is 16.0 Å². The van der Waals surface area contributed by atoms with Gasteiger partial charge in [-0.05, 0) is 49.7 Å². The van der Waals surface area contributed by atoms with Crippen LogP contribution in [0.4, 0.5) is 0 Å². The van der Waals surface area contributed by atoms with E-state index in [9.17, 15) is 9.59 Å². The first-order valence-corrected chi connectivity index (χ1v) is 7.45. The number of amides is 2. The maximum Gasteiger partial charge on any atom is 0.279 e. The van der Waals surface area contributed by atoms with Crippen molar-refractivity contribution in [1.29, 1.82) is 0 Å². The fourth-order valence-electron chi connectivity index (χ4n) is 1.97. The second-order valence-electron chi connectivity index (χ2n) is 5.11. The quantitative estimate of drug-likeness (QED) is 0.613. The van der Waals surface area contributed by atoms with Gasteiger partial charge >= 0.3 is 0 Å². The predicted octanol–water partition coefficient (Wildman–Crippen LogP) is 1.72. The van der Waals surface area contributed by atoms with Gasteiger partial charge in [-0.25, -0.2) is 0 Å². The molecule has 1 aromatic heterocycles. The summed E-state index contributed by atoms with van der Waals surface area (Å²) < 4.78 is 10.3. The molecule has 25 heavy (non-hydrogen) atoms. The number of oxime groups is 1. The van der Waals surface area contributed by atoms with Gasteiger partial charge in [-0.1, -0.05) is 5.16 Å². The normalized spacial score (nSPS) is 10.5. The molecular weight excluding hydrogens is 326 g/mol. The molecule has 0 radical (unpaired) electrons. The Labute approximate surface area is 144 Å². The van der Waals surface area contributed by atoms with Gasteiger partial charge in [0.15, 0.2) is 6.61 Å². The number of hydrogen-bond donors (Lipinski definition) is 2. The Balaban J connectivity index is 1.72. The number of hydrogen-bond acceptors (Lipinski definition) is 6. The topological polar surface area (TPSA) is 102 Å². The first-order valence-electron chi connectivity index (χ1n) is 7.45. The van der Waals surface area contributed by atoms with E-state index in [0.29, 0.717) is 17.1 Å². The molecule has 0 bridgehead atoms. The van der Waals surface area contributed by atoms with Gasteiger partial charge in [0.05, 0.1) is 18.9 Å². The highest BCUT2D eigenvalue weighted by molar-refractivity contribution is 5.96. The van der Waals surface area contributed by atoms with Crippen molar-refractivity contribution >= 4 is 18.0 Å². The Hall–Kier alpha value is -3.29. The number of nitrogens with zero attached hydrogens (tertiary/aromatic N) is 1. The number of aryl methyl sites for hydroxylation is 2. The second-order valence-corrected chi connectivity index (χ2v) is 5.11. The third kappa shape index (κ3) is 5.38. The Bertz CT molecular complexity index is 765. The Morgan fingerprint density at radius 2 is 1.92 bits per heavy atom. The molecule has 0 fully saturated rings. The summed E-state index contributed by atoms with van der Waals surface area (Å²) in [6.45, 7) is 3.06. The smallest absolute Gasteiger partial charge is 0.279 e. The highest BCUT2D eigenvalue weighted by Gasteiger charge is 2.14. The van der Waals surface area contributed by atoms with Crippen LogP contribution in [0.15, 0.2) is 39.9 Å². The van der Waals surface area contributed by atoms with Gasteiger partial charge in [-0.3, -0.25) is 20.4 Å². The highest BCUT2D eigenvalue weighted by atomic mass is 16.6. The molecule has 8 heteroatoms. The van der Waals surface area contributed by atoms with Crippen LogP contribution in [0, 0.1) is 13.8 Å². The van der Waals surface area contributed by atoms with Gasteiger partial charge in [0.25, 0.3) is 11.8 Å². The predicted molar refractivity (Wildman–Crippen MR) is 90.3 cm³/mol. The summed E-state index contributed by atoms with van der Waals surface area (Å²) in [4.78, 5) is 28.4. The minimum absolute atomic E-state index is 0.337. The molecule has 8 nitrogen and oxygen atoms in total. The third-order valence-electron chi connectivity index (χ3n) is 3.19. The van der Waals surface area contributed by atoms with Crippen LogP contribution in [-0.4, -0.2) is 31.7 Å². The van der Waals surface area contributed by atoms with Gasteiger partial charge in [-0.15, -0.1) is 0 Å². The lowest BCUT2D eigenvalue weighted by molar-refractivity contribution is -0.126. The fraction of sp³-hybridized carbons (Fsp3) is 0.235. The number of benzene rings is 1. The fourth-order valence-corrected chi connectivity index (χ4v) is 1.97. The molecule has 2 rings (SSSR count). The van der Waals surface area contributed by atoms with E-state index in [1.807, 2.05) is 0 Å². The van der Waals surface area contributed by atoms with E-state index < -0.39 is 11.8 Å². The van der Waals surface area contributed by atoms with E-state index in [-0.39, 0.29) is 6.61 Å². The Kier molecular flexibility index (Phi) is 6.16. The van der Waals surface area contributed by atoms with Crippen molar-refractivity contribution in [2.75, 3.05) is 13.7 Å². The number of carbonyl (C=O) groups excluding carboxylic acids is 2. The van der Waals surface area contributed by atoms with Crippen molar-refractivity contribution in [2.24, 2.45) is 5.16 Å². The molecule has 0 saturated carbocycles. The summed E-state index contributed by atoms with van der Waals surface area (Å²) in [6.07, 6.45) is 1.46. The summed E-state index contributed by atoms with van der Waals surface area (Å²) >= 11 is 0. The molecule has 0 aliphatic heterocycles. The largest absolute Gasteiger partial charge is 0.497 e. The van der Waals surface area contributed by atoms with Crippen molar-refractivity contribution in [1.82, 2.24) is 10.9 Å². The number of nitrogens with one attached hydrogen (secondary N) is 2. The molecule has 2 aromatic rings. The van der Waals surface area contributed by atoms with Crippen LogP contribution in [0.2, 0.25) is 0 Å². The van der Waals surface area contributed by atoms with Crippen molar-refractivity contribution in [3.8, 4) is 5.75 Å². The van der Waals surface area contributed by atoms with Gasteiger partial charge in [0, 0.05) is 0 Å². The molecule has 132 valence electrons. The van der Waals surface area contributed by atoms with Crippen LogP contribution in [0.3, 0.4) is 0 Å². The number of carbonyl (C=O) groups is 2.